The van der Waals surface area contributed by atoms with Crippen LogP contribution in [0.2, 0.25) is 0 Å². The summed E-state index contributed by atoms with van der Waals surface area (Å²) in [6, 6.07) is 3.36. The van der Waals surface area contributed by atoms with Crippen molar-refractivity contribution in [2.75, 3.05) is 5.73 Å². The molecule has 1 heterocycles. The SMILES string of the molecule is Nc1cccn(COC2CCCC2)c1=O. The van der Waals surface area contributed by atoms with E-state index < -0.39 is 0 Å². The molecule has 0 saturated heterocycles. The number of nitrogens with two attached hydrogens (primary N) is 1. The van der Waals surface area contributed by atoms with Gasteiger partial charge >= 0.3 is 0 Å². The van der Waals surface area contributed by atoms with Crippen molar-refractivity contribution in [1.29, 1.82) is 0 Å². The van der Waals surface area contributed by atoms with Gasteiger partial charge in [-0.15, -0.1) is 0 Å². The Balaban J connectivity index is 1.98. The van der Waals surface area contributed by atoms with E-state index in [1.807, 2.05) is 0 Å². The standard InChI is InChI=1S/C11H16N2O2/c12-10-6-3-7-13(11(10)14)8-15-9-4-1-2-5-9/h3,6-7,9H,1-2,4-5,8,12H2. The minimum Gasteiger partial charge on any atom is -0.394 e. The second kappa shape index (κ2) is 4.49. The topological polar surface area (TPSA) is 57.2 Å². The lowest BCUT2D eigenvalue weighted by atomic mass is 10.3. The molecule has 1 aliphatic rings. The van der Waals surface area contributed by atoms with E-state index in [2.05, 4.69) is 0 Å². The zero-order valence-corrected chi connectivity index (χ0v) is 8.69. The average molecular weight is 208 g/mol. The molecule has 0 bridgehead atoms. The predicted molar refractivity (Wildman–Crippen MR) is 58.5 cm³/mol. The first-order chi connectivity index (χ1) is 7.27. The summed E-state index contributed by atoms with van der Waals surface area (Å²) in [4.78, 5) is 11.5. The summed E-state index contributed by atoms with van der Waals surface area (Å²) < 4.78 is 7.14. The van der Waals surface area contributed by atoms with Gasteiger partial charge in [0.15, 0.2) is 0 Å². The number of pyridine rings is 1. The third-order valence-electron chi connectivity index (χ3n) is 2.80. The molecule has 1 aromatic rings. The number of hydrogen-bond acceptors (Lipinski definition) is 3. The van der Waals surface area contributed by atoms with Crippen molar-refractivity contribution in [2.24, 2.45) is 0 Å². The van der Waals surface area contributed by atoms with E-state index in [0.717, 1.165) is 12.8 Å². The number of anilines is 1. The van der Waals surface area contributed by atoms with E-state index in [1.165, 1.54) is 17.4 Å². The van der Waals surface area contributed by atoms with Gasteiger partial charge in [-0.1, -0.05) is 12.8 Å². The molecule has 1 fully saturated rings. The molecular weight excluding hydrogens is 192 g/mol. The number of nitrogens with zero attached hydrogens (tertiary/aromatic N) is 1. The van der Waals surface area contributed by atoms with Crippen molar-refractivity contribution < 1.29 is 4.74 Å². The smallest absolute Gasteiger partial charge is 0.275 e. The van der Waals surface area contributed by atoms with Crippen LogP contribution < -0.4 is 11.3 Å². The fraction of sp³-hybridized carbons (Fsp3) is 0.545. The highest BCUT2D eigenvalue weighted by Gasteiger charge is 2.15. The fourth-order valence-corrected chi connectivity index (χ4v) is 1.90. The number of nitrogen functional groups attached to an aromatic ring is 1. The van der Waals surface area contributed by atoms with Crippen LogP contribution >= 0.6 is 0 Å². The Kier molecular flexibility index (Phi) is 3.06. The van der Waals surface area contributed by atoms with E-state index in [-0.39, 0.29) is 11.2 Å². The van der Waals surface area contributed by atoms with Crippen molar-refractivity contribution in [3.8, 4) is 0 Å². The Bertz CT molecular complexity index is 380. The molecule has 1 saturated carbocycles. The molecule has 82 valence electrons. The van der Waals surface area contributed by atoms with Crippen molar-refractivity contribution in [2.45, 2.75) is 38.5 Å². The third kappa shape index (κ3) is 2.39. The maximum atomic E-state index is 11.5. The summed E-state index contributed by atoms with van der Waals surface area (Å²) >= 11 is 0. The predicted octanol–water partition coefficient (Wildman–Crippen LogP) is 1.35. The van der Waals surface area contributed by atoms with Gasteiger partial charge in [-0.25, -0.2) is 0 Å². The van der Waals surface area contributed by atoms with Crippen LogP contribution in [-0.4, -0.2) is 10.7 Å². The van der Waals surface area contributed by atoms with Crippen molar-refractivity contribution >= 4 is 5.69 Å². The van der Waals surface area contributed by atoms with Crippen LogP contribution in [0.25, 0.3) is 0 Å². The van der Waals surface area contributed by atoms with Crippen LogP contribution in [0.15, 0.2) is 23.1 Å². The molecular formula is C11H16N2O2. The number of hydrogen-bond donors (Lipinski definition) is 1. The second-order valence-electron chi connectivity index (χ2n) is 3.94. The molecule has 1 aromatic heterocycles. The summed E-state index contributed by atoms with van der Waals surface area (Å²) in [6.07, 6.45) is 6.70. The van der Waals surface area contributed by atoms with Gasteiger partial charge in [-0.2, -0.15) is 0 Å². The molecule has 2 N–H and O–H groups in total. The third-order valence-corrected chi connectivity index (χ3v) is 2.80. The van der Waals surface area contributed by atoms with Gasteiger partial charge in [0, 0.05) is 6.20 Å². The quantitative estimate of drug-likeness (QED) is 0.815. The van der Waals surface area contributed by atoms with Crippen molar-refractivity contribution in [3.63, 3.8) is 0 Å². The Morgan fingerprint density at radius 2 is 2.20 bits per heavy atom. The van der Waals surface area contributed by atoms with E-state index in [0.29, 0.717) is 12.8 Å². The highest BCUT2D eigenvalue weighted by Crippen LogP contribution is 2.20. The van der Waals surface area contributed by atoms with Gasteiger partial charge in [0.25, 0.3) is 5.56 Å². The maximum absolute atomic E-state index is 11.5. The highest BCUT2D eigenvalue weighted by atomic mass is 16.5. The van der Waals surface area contributed by atoms with Crippen molar-refractivity contribution in [1.82, 2.24) is 4.57 Å². The largest absolute Gasteiger partial charge is 0.394 e. The normalized spacial score (nSPS) is 17.1. The second-order valence-corrected chi connectivity index (χ2v) is 3.94. The Morgan fingerprint density at radius 3 is 2.93 bits per heavy atom. The number of ether oxygens (including phenoxy) is 1. The molecule has 0 unspecified atom stereocenters. The van der Waals surface area contributed by atoms with Gasteiger partial charge in [0.1, 0.15) is 6.73 Å². The monoisotopic (exact) mass is 208 g/mol. The Labute approximate surface area is 88.7 Å². The average Bonchev–Trinajstić information content (AvgIpc) is 2.73. The molecule has 0 aromatic carbocycles. The van der Waals surface area contributed by atoms with E-state index in [4.69, 9.17) is 10.5 Å². The van der Waals surface area contributed by atoms with Gasteiger partial charge in [0.2, 0.25) is 0 Å². The van der Waals surface area contributed by atoms with Gasteiger partial charge < -0.3 is 10.5 Å². The lowest BCUT2D eigenvalue weighted by molar-refractivity contribution is 0.00989. The number of aromatic nitrogens is 1. The summed E-state index contributed by atoms with van der Waals surface area (Å²) in [5.41, 5.74) is 5.62. The molecule has 0 amide bonds. The van der Waals surface area contributed by atoms with E-state index in [9.17, 15) is 4.79 Å². The maximum Gasteiger partial charge on any atom is 0.275 e. The first kappa shape index (κ1) is 10.2. The summed E-state index contributed by atoms with van der Waals surface area (Å²) in [7, 11) is 0. The van der Waals surface area contributed by atoms with Gasteiger partial charge in [-0.05, 0) is 25.0 Å². The zero-order chi connectivity index (χ0) is 10.7. The van der Waals surface area contributed by atoms with Crippen molar-refractivity contribution in [3.05, 3.63) is 28.7 Å². The minimum absolute atomic E-state index is 0.171. The van der Waals surface area contributed by atoms with E-state index >= 15 is 0 Å². The van der Waals surface area contributed by atoms with Crippen LogP contribution in [0.3, 0.4) is 0 Å². The molecule has 1 aliphatic carbocycles. The molecule has 0 aliphatic heterocycles. The summed E-state index contributed by atoms with van der Waals surface area (Å²) in [6.45, 7) is 0.314. The molecule has 0 radical (unpaired) electrons. The molecule has 0 atom stereocenters. The zero-order valence-electron chi connectivity index (χ0n) is 8.69. The molecule has 0 spiro atoms. The van der Waals surface area contributed by atoms with Crippen LogP contribution in [0.4, 0.5) is 5.69 Å². The lowest BCUT2D eigenvalue weighted by Gasteiger charge is -2.12. The fourth-order valence-electron chi connectivity index (χ4n) is 1.90. The molecule has 4 heteroatoms. The Morgan fingerprint density at radius 1 is 1.47 bits per heavy atom. The van der Waals surface area contributed by atoms with Gasteiger partial charge in [0.05, 0.1) is 11.8 Å². The van der Waals surface area contributed by atoms with Crippen LogP contribution in [0.5, 0.6) is 0 Å². The lowest BCUT2D eigenvalue weighted by Crippen LogP contribution is -2.24. The molecule has 15 heavy (non-hydrogen) atoms. The highest BCUT2D eigenvalue weighted by molar-refractivity contribution is 5.33. The van der Waals surface area contributed by atoms with Crippen LogP contribution in [-0.2, 0) is 11.5 Å². The Hall–Kier alpha value is -1.29. The molecule has 4 nitrogen and oxygen atoms in total. The van der Waals surface area contributed by atoms with E-state index in [1.54, 1.807) is 18.3 Å². The summed E-state index contributed by atoms with van der Waals surface area (Å²) in [5.74, 6) is 0. The van der Waals surface area contributed by atoms with Crippen LogP contribution in [0.1, 0.15) is 25.7 Å². The molecule has 2 rings (SSSR count). The first-order valence-corrected chi connectivity index (χ1v) is 5.34. The van der Waals surface area contributed by atoms with Gasteiger partial charge in [-0.3, -0.25) is 9.36 Å². The summed E-state index contributed by atoms with van der Waals surface area (Å²) in [5, 5.41) is 0. The minimum atomic E-state index is -0.171. The first-order valence-electron chi connectivity index (χ1n) is 5.34. The van der Waals surface area contributed by atoms with Crippen LogP contribution in [0, 0.1) is 0 Å². The number of rotatable bonds is 3.